The van der Waals surface area contributed by atoms with Gasteiger partial charge in [-0.3, -0.25) is 14.6 Å². The van der Waals surface area contributed by atoms with Crippen molar-refractivity contribution >= 4 is 39.9 Å². The van der Waals surface area contributed by atoms with Crippen LogP contribution in [0.1, 0.15) is 32.0 Å². The van der Waals surface area contributed by atoms with Gasteiger partial charge in [0.15, 0.2) is 0 Å². The van der Waals surface area contributed by atoms with Crippen molar-refractivity contribution in [3.63, 3.8) is 0 Å². The Morgan fingerprint density at radius 3 is 2.57 bits per heavy atom. The highest BCUT2D eigenvalue weighted by Gasteiger charge is 2.31. The molecule has 0 unspecified atom stereocenters. The molecule has 0 radical (unpaired) electrons. The molecule has 0 saturated carbocycles. The fourth-order valence-corrected chi connectivity index (χ4v) is 5.51. The van der Waals surface area contributed by atoms with Crippen LogP contribution in [0.25, 0.3) is 0 Å². The van der Waals surface area contributed by atoms with Crippen LogP contribution in [0.3, 0.4) is 0 Å². The number of fused-ring (bicyclic) bond motifs is 2. The van der Waals surface area contributed by atoms with E-state index >= 15 is 0 Å². The van der Waals surface area contributed by atoms with Gasteiger partial charge in [-0.15, -0.1) is 0 Å². The van der Waals surface area contributed by atoms with Gasteiger partial charge in [-0.25, -0.2) is 4.21 Å². The summed E-state index contributed by atoms with van der Waals surface area (Å²) in [6, 6.07) is 24.5. The maximum absolute atomic E-state index is 13.7. The van der Waals surface area contributed by atoms with E-state index in [0.29, 0.717) is 31.6 Å². The van der Waals surface area contributed by atoms with Crippen LogP contribution in [0.5, 0.6) is 0 Å². The number of rotatable bonds is 5. The summed E-state index contributed by atoms with van der Waals surface area (Å²) >= 11 is 6.18. The van der Waals surface area contributed by atoms with Gasteiger partial charge in [-0.1, -0.05) is 41.9 Å². The normalized spacial score (nSPS) is 14.6. The van der Waals surface area contributed by atoms with Gasteiger partial charge >= 0.3 is 0 Å². The Morgan fingerprint density at radius 1 is 0.943 bits per heavy atom. The van der Waals surface area contributed by atoms with Gasteiger partial charge < -0.3 is 10.2 Å². The van der Waals surface area contributed by atoms with Crippen LogP contribution in [0.4, 0.5) is 5.69 Å². The quantitative estimate of drug-likeness (QED) is 0.417. The average molecular weight is 502 g/mol. The number of benzene rings is 3. The Kier molecular flexibility index (Phi) is 6.44. The number of carbonyl (C=O) groups is 2. The predicted molar refractivity (Wildman–Crippen MR) is 135 cm³/mol. The second kappa shape index (κ2) is 9.82. The molecule has 6 nitrogen and oxygen atoms in total. The molecule has 0 aliphatic carbocycles. The van der Waals surface area contributed by atoms with Crippen LogP contribution in [-0.4, -0.2) is 21.0 Å². The van der Waals surface area contributed by atoms with E-state index in [-0.39, 0.29) is 24.9 Å². The first kappa shape index (κ1) is 23.0. The first-order chi connectivity index (χ1) is 17.0. The maximum Gasteiger partial charge on any atom is 0.259 e. The number of hydrogen-bond donors (Lipinski definition) is 1. The molecule has 1 atom stereocenters. The van der Waals surface area contributed by atoms with E-state index in [0.717, 1.165) is 11.3 Å². The summed E-state index contributed by atoms with van der Waals surface area (Å²) in [4.78, 5) is 33.3. The van der Waals surface area contributed by atoms with E-state index < -0.39 is 10.8 Å². The summed E-state index contributed by atoms with van der Waals surface area (Å²) < 4.78 is 13.5. The highest BCUT2D eigenvalue weighted by Crippen LogP contribution is 2.36. The fourth-order valence-electron chi connectivity index (χ4n) is 3.96. The van der Waals surface area contributed by atoms with Crippen LogP contribution < -0.4 is 10.2 Å². The molecule has 0 bridgehead atoms. The van der Waals surface area contributed by atoms with Crippen LogP contribution >= 0.6 is 11.6 Å². The van der Waals surface area contributed by atoms with E-state index in [9.17, 15) is 13.8 Å². The first-order valence-corrected chi connectivity index (χ1v) is 12.4. The summed E-state index contributed by atoms with van der Waals surface area (Å²) in [6.07, 6.45) is 1.66. The first-order valence-electron chi connectivity index (χ1n) is 10.9. The lowest BCUT2D eigenvalue weighted by Gasteiger charge is -2.23. The van der Waals surface area contributed by atoms with Gasteiger partial charge in [-0.2, -0.15) is 0 Å². The third-order valence-corrected chi connectivity index (χ3v) is 7.40. The topological polar surface area (TPSA) is 79.4 Å². The Balaban J connectivity index is 1.55. The standard InChI is InChI=1S/C27H20ClN3O3S/c28-20-7-5-6-18(14-20)17-31-23-15-19(26(32)30-16-21-8-3-4-13-29-21)11-12-25(23)35(34)24-10-2-1-9-22(24)27(31)33/h1-15H,16-17H2,(H,30,32)/t35-/m1/s1. The Morgan fingerprint density at radius 2 is 1.77 bits per heavy atom. The highest BCUT2D eigenvalue weighted by molar-refractivity contribution is 7.85. The monoisotopic (exact) mass is 501 g/mol. The average Bonchev–Trinajstić information content (AvgIpc) is 2.97. The number of nitrogens with one attached hydrogen (secondary N) is 1. The Hall–Kier alpha value is -3.81. The van der Waals surface area contributed by atoms with E-state index in [2.05, 4.69) is 10.3 Å². The van der Waals surface area contributed by atoms with Crippen molar-refractivity contribution in [3.8, 4) is 0 Å². The molecule has 1 aliphatic heterocycles. The molecule has 5 rings (SSSR count). The summed E-state index contributed by atoms with van der Waals surface area (Å²) in [5, 5.41) is 3.40. The Bertz CT molecular complexity index is 1460. The van der Waals surface area contributed by atoms with Crippen molar-refractivity contribution in [2.24, 2.45) is 0 Å². The molecule has 35 heavy (non-hydrogen) atoms. The highest BCUT2D eigenvalue weighted by atomic mass is 35.5. The summed E-state index contributed by atoms with van der Waals surface area (Å²) in [5.41, 5.74) is 2.68. The molecule has 2 heterocycles. The second-order valence-electron chi connectivity index (χ2n) is 7.97. The van der Waals surface area contributed by atoms with Crippen LogP contribution in [0, 0.1) is 0 Å². The lowest BCUT2D eigenvalue weighted by Crippen LogP contribution is -2.31. The number of pyridine rings is 1. The third-order valence-electron chi connectivity index (χ3n) is 5.66. The number of anilines is 1. The lowest BCUT2D eigenvalue weighted by molar-refractivity contribution is 0.0947. The minimum absolute atomic E-state index is 0.205. The van der Waals surface area contributed by atoms with Crippen molar-refractivity contribution in [3.05, 3.63) is 119 Å². The van der Waals surface area contributed by atoms with Crippen molar-refractivity contribution in [2.75, 3.05) is 4.90 Å². The second-order valence-corrected chi connectivity index (χ2v) is 9.83. The van der Waals surface area contributed by atoms with E-state index in [1.165, 1.54) is 0 Å². The summed E-state index contributed by atoms with van der Waals surface area (Å²) in [7, 11) is -1.60. The van der Waals surface area contributed by atoms with Crippen molar-refractivity contribution in [1.29, 1.82) is 0 Å². The molecule has 4 aromatic rings. The molecule has 0 saturated heterocycles. The Labute approximate surface area is 210 Å². The van der Waals surface area contributed by atoms with Gasteiger partial charge in [0, 0.05) is 16.8 Å². The zero-order valence-corrected chi connectivity index (χ0v) is 20.1. The fraction of sp³-hybridized carbons (Fsp3) is 0.0741. The van der Waals surface area contributed by atoms with Gasteiger partial charge in [0.1, 0.15) is 0 Å². The summed E-state index contributed by atoms with van der Waals surface area (Å²) in [6.45, 7) is 0.468. The largest absolute Gasteiger partial charge is 0.346 e. The molecule has 0 spiro atoms. The van der Waals surface area contributed by atoms with Crippen LogP contribution in [0.15, 0.2) is 101 Å². The van der Waals surface area contributed by atoms with Crippen LogP contribution in [-0.2, 0) is 23.9 Å². The van der Waals surface area contributed by atoms with Crippen LogP contribution in [0.2, 0.25) is 5.02 Å². The molecular weight excluding hydrogens is 482 g/mol. The number of amides is 2. The number of hydrogen-bond acceptors (Lipinski definition) is 4. The SMILES string of the molecule is O=C(NCc1ccccn1)c1ccc2c(c1)N(Cc1cccc(Cl)c1)C(=O)c1ccccc1[S@]2=O. The molecule has 0 fully saturated rings. The molecule has 3 aromatic carbocycles. The van der Waals surface area contributed by atoms with Crippen molar-refractivity contribution in [1.82, 2.24) is 10.3 Å². The number of halogens is 1. The summed E-state index contributed by atoms with van der Waals surface area (Å²) in [5.74, 6) is -0.611. The molecule has 1 N–H and O–H groups in total. The number of nitrogens with zero attached hydrogens (tertiary/aromatic N) is 2. The number of carbonyl (C=O) groups excluding carboxylic acids is 2. The van der Waals surface area contributed by atoms with Gasteiger partial charge in [-0.05, 0) is 60.2 Å². The van der Waals surface area contributed by atoms with E-state index in [1.54, 1.807) is 71.8 Å². The van der Waals surface area contributed by atoms with Gasteiger partial charge in [0.05, 0.1) is 50.6 Å². The molecule has 8 heteroatoms. The lowest BCUT2D eigenvalue weighted by atomic mass is 10.1. The zero-order chi connectivity index (χ0) is 24.4. The minimum Gasteiger partial charge on any atom is -0.346 e. The van der Waals surface area contributed by atoms with Gasteiger partial charge in [0.2, 0.25) is 0 Å². The molecule has 1 aliphatic rings. The van der Waals surface area contributed by atoms with Crippen molar-refractivity contribution in [2.45, 2.75) is 22.9 Å². The molecule has 174 valence electrons. The molecule has 2 amide bonds. The number of aromatic nitrogens is 1. The third kappa shape index (κ3) is 4.73. The molecular formula is C27H20ClN3O3S. The van der Waals surface area contributed by atoms with Crippen molar-refractivity contribution < 1.29 is 13.8 Å². The smallest absolute Gasteiger partial charge is 0.259 e. The predicted octanol–water partition coefficient (Wildman–Crippen LogP) is 4.99. The molecule has 1 aromatic heterocycles. The van der Waals surface area contributed by atoms with Gasteiger partial charge in [0.25, 0.3) is 11.8 Å². The zero-order valence-electron chi connectivity index (χ0n) is 18.5. The van der Waals surface area contributed by atoms with E-state index in [4.69, 9.17) is 11.6 Å². The maximum atomic E-state index is 13.7. The minimum atomic E-state index is -1.60. The van der Waals surface area contributed by atoms with E-state index in [1.807, 2.05) is 24.3 Å².